The van der Waals surface area contributed by atoms with Crippen molar-refractivity contribution >= 4 is 27.6 Å². The van der Waals surface area contributed by atoms with Gasteiger partial charge in [-0.05, 0) is 43.7 Å². The fourth-order valence-electron chi connectivity index (χ4n) is 3.42. The van der Waals surface area contributed by atoms with Crippen LogP contribution in [0.3, 0.4) is 0 Å². The number of amides is 1. The number of carbonyl (C=O) groups is 2. The molecule has 0 aliphatic rings. The molecule has 0 unspecified atom stereocenters. The van der Waals surface area contributed by atoms with Crippen LogP contribution in [0, 0.1) is 6.92 Å². The first kappa shape index (κ1) is 23.7. The third kappa shape index (κ3) is 6.52. The number of ether oxygens (including phenoxy) is 1. The Kier molecular flexibility index (Phi) is 8.06. The summed E-state index contributed by atoms with van der Waals surface area (Å²) in [5.41, 5.74) is 1.89. The Labute approximate surface area is 201 Å². The van der Waals surface area contributed by atoms with Gasteiger partial charge < -0.3 is 4.74 Å². The number of anilines is 1. The van der Waals surface area contributed by atoms with E-state index in [1.54, 1.807) is 44.2 Å². The molecule has 0 radical (unpaired) electrons. The molecule has 0 fully saturated rings. The molecule has 1 atom stereocenters. The Morgan fingerprint density at radius 1 is 1.00 bits per heavy atom. The summed E-state index contributed by atoms with van der Waals surface area (Å²) in [5, 5.41) is 0. The molecule has 3 aromatic rings. The van der Waals surface area contributed by atoms with Crippen molar-refractivity contribution in [2.24, 2.45) is 0 Å². The number of aryl methyl sites for hydroxylation is 1. The van der Waals surface area contributed by atoms with Crippen LogP contribution in [0.25, 0.3) is 0 Å². The molecule has 178 valence electrons. The number of hydrogen-bond acceptors (Lipinski definition) is 5. The zero-order chi connectivity index (χ0) is 25.4. The lowest BCUT2D eigenvalue weighted by atomic mass is 10.0. The molecule has 0 aliphatic heterocycles. The number of carbonyl (C=O) groups excluding carboxylic acids is 2. The van der Waals surface area contributed by atoms with Crippen molar-refractivity contribution in [1.82, 2.24) is 4.72 Å². The summed E-state index contributed by atoms with van der Waals surface area (Å²) < 4.78 is 41.1. The molecule has 8 heteroatoms. The van der Waals surface area contributed by atoms with Gasteiger partial charge in [-0.15, -0.1) is 0 Å². The maximum absolute atomic E-state index is 13.4. The van der Waals surface area contributed by atoms with Gasteiger partial charge in [-0.3, -0.25) is 9.69 Å². The molecule has 0 spiro atoms. The van der Waals surface area contributed by atoms with Crippen LogP contribution in [0.2, 0.25) is 0 Å². The van der Waals surface area contributed by atoms with E-state index in [0.717, 1.165) is 5.56 Å². The van der Waals surface area contributed by atoms with E-state index in [0.29, 0.717) is 11.3 Å². The molecule has 34 heavy (non-hydrogen) atoms. The SMILES string of the molecule is [2H]c1cc(S(=O)(=O)NCC(=O)N(c2ccccc2)[C@@H](Cc2ccccc2)C(=O)OCC)ccc1C. The van der Waals surface area contributed by atoms with E-state index >= 15 is 0 Å². The summed E-state index contributed by atoms with van der Waals surface area (Å²) in [5.74, 6) is -1.21. The molecule has 1 amide bonds. The topological polar surface area (TPSA) is 92.8 Å². The largest absolute Gasteiger partial charge is 0.464 e. The van der Waals surface area contributed by atoms with Crippen molar-refractivity contribution < 1.29 is 24.1 Å². The summed E-state index contributed by atoms with van der Waals surface area (Å²) in [6, 6.07) is 21.0. The lowest BCUT2D eigenvalue weighted by Gasteiger charge is -2.30. The highest BCUT2D eigenvalue weighted by Crippen LogP contribution is 2.21. The standard InChI is InChI=1S/C26H28N2O5S/c1-3-33-26(30)24(18-21-10-6-4-7-11-21)28(22-12-8-5-9-13-22)25(29)19-27-34(31,32)23-16-14-20(2)15-17-23/h4-17,24,27H,3,18-19H2,1-2H3/t24-/m0/s1/i14D. The van der Waals surface area contributed by atoms with Gasteiger partial charge in [-0.25, -0.2) is 17.9 Å². The van der Waals surface area contributed by atoms with Crippen molar-refractivity contribution in [3.05, 3.63) is 96.0 Å². The van der Waals surface area contributed by atoms with Crippen LogP contribution in [0.15, 0.2) is 89.8 Å². The van der Waals surface area contributed by atoms with Crippen LogP contribution < -0.4 is 9.62 Å². The highest BCUT2D eigenvalue weighted by molar-refractivity contribution is 7.89. The van der Waals surface area contributed by atoms with Crippen molar-refractivity contribution in [2.75, 3.05) is 18.1 Å². The Morgan fingerprint density at radius 2 is 1.65 bits per heavy atom. The van der Waals surface area contributed by atoms with E-state index in [1.807, 2.05) is 30.3 Å². The third-order valence-corrected chi connectivity index (χ3v) is 6.51. The number of hydrogen-bond donors (Lipinski definition) is 1. The molecule has 0 saturated carbocycles. The van der Waals surface area contributed by atoms with Crippen molar-refractivity contribution in [3.63, 3.8) is 0 Å². The molecule has 0 bridgehead atoms. The van der Waals surface area contributed by atoms with Crippen molar-refractivity contribution in [3.8, 4) is 0 Å². The summed E-state index contributed by atoms with van der Waals surface area (Å²) in [6.45, 7) is 2.94. The predicted molar refractivity (Wildman–Crippen MR) is 131 cm³/mol. The smallest absolute Gasteiger partial charge is 0.329 e. The number of nitrogens with zero attached hydrogens (tertiary/aromatic N) is 1. The van der Waals surface area contributed by atoms with Gasteiger partial charge >= 0.3 is 5.97 Å². The van der Waals surface area contributed by atoms with Crippen LogP contribution in [0.5, 0.6) is 0 Å². The number of sulfonamides is 1. The van der Waals surface area contributed by atoms with Gasteiger partial charge in [0.1, 0.15) is 6.04 Å². The first-order chi connectivity index (χ1) is 16.7. The molecular weight excluding hydrogens is 452 g/mol. The van der Waals surface area contributed by atoms with Crippen LogP contribution in [-0.4, -0.2) is 39.5 Å². The maximum atomic E-state index is 13.4. The lowest BCUT2D eigenvalue weighted by Crippen LogP contribution is -2.51. The summed E-state index contributed by atoms with van der Waals surface area (Å²) >= 11 is 0. The van der Waals surface area contributed by atoms with Gasteiger partial charge in [0, 0.05) is 12.1 Å². The van der Waals surface area contributed by atoms with Gasteiger partial charge in [0.05, 0.1) is 19.4 Å². The second kappa shape index (κ2) is 11.6. The number of rotatable bonds is 10. The normalized spacial score (nSPS) is 12.5. The van der Waals surface area contributed by atoms with E-state index in [2.05, 4.69) is 4.72 Å². The Bertz CT molecular complexity index is 1270. The highest BCUT2D eigenvalue weighted by Gasteiger charge is 2.33. The second-order valence-corrected chi connectivity index (χ2v) is 9.36. The zero-order valence-electron chi connectivity index (χ0n) is 20.1. The molecule has 0 aromatic heterocycles. The van der Waals surface area contributed by atoms with E-state index in [-0.39, 0.29) is 24.0 Å². The molecule has 0 heterocycles. The lowest BCUT2D eigenvalue weighted by molar-refractivity contribution is -0.145. The minimum atomic E-state index is -4.06. The third-order valence-electron chi connectivity index (χ3n) is 5.11. The van der Waals surface area contributed by atoms with E-state index in [1.165, 1.54) is 23.1 Å². The molecule has 0 aliphatic carbocycles. The molecule has 3 aromatic carbocycles. The van der Waals surface area contributed by atoms with Gasteiger partial charge in [0.25, 0.3) is 0 Å². The minimum Gasteiger partial charge on any atom is -0.464 e. The summed E-state index contributed by atoms with van der Waals surface area (Å²) in [7, 11) is -4.06. The number of nitrogens with one attached hydrogen (secondary N) is 1. The molecule has 3 rings (SSSR count). The van der Waals surface area contributed by atoms with Gasteiger partial charge in [-0.2, -0.15) is 0 Å². The van der Waals surface area contributed by atoms with Crippen molar-refractivity contribution in [1.29, 1.82) is 0 Å². The molecular formula is C26H28N2O5S. The van der Waals surface area contributed by atoms with Crippen LogP contribution in [0.4, 0.5) is 5.69 Å². The highest BCUT2D eigenvalue weighted by atomic mass is 32.2. The zero-order valence-corrected chi connectivity index (χ0v) is 19.9. The van der Waals surface area contributed by atoms with Crippen LogP contribution in [-0.2, 0) is 30.8 Å². The number of esters is 1. The van der Waals surface area contributed by atoms with E-state index in [4.69, 9.17) is 6.11 Å². The van der Waals surface area contributed by atoms with E-state index in [9.17, 15) is 18.0 Å². The molecule has 1 N–H and O–H groups in total. The molecule has 7 nitrogen and oxygen atoms in total. The average Bonchev–Trinajstić information content (AvgIpc) is 2.85. The Morgan fingerprint density at radius 3 is 2.26 bits per heavy atom. The van der Waals surface area contributed by atoms with Gasteiger partial charge in [0.15, 0.2) is 0 Å². The first-order valence-corrected chi connectivity index (χ1v) is 12.4. The Balaban J connectivity index is 1.92. The van der Waals surface area contributed by atoms with Crippen LogP contribution >= 0.6 is 0 Å². The first-order valence-electron chi connectivity index (χ1n) is 11.4. The van der Waals surface area contributed by atoms with Gasteiger partial charge in [-0.1, -0.05) is 66.2 Å². The number of para-hydroxylation sites is 1. The fourth-order valence-corrected chi connectivity index (χ4v) is 4.36. The monoisotopic (exact) mass is 481 g/mol. The quantitative estimate of drug-likeness (QED) is 0.448. The average molecular weight is 482 g/mol. The van der Waals surface area contributed by atoms with Gasteiger partial charge in [0.2, 0.25) is 15.9 Å². The fraction of sp³-hybridized carbons (Fsp3) is 0.231. The predicted octanol–water partition coefficient (Wildman–Crippen LogP) is 3.48. The summed E-state index contributed by atoms with van der Waals surface area (Å²) in [6.07, 6.45) is 0.188. The molecule has 0 saturated heterocycles. The van der Waals surface area contributed by atoms with Crippen molar-refractivity contribution in [2.45, 2.75) is 31.2 Å². The minimum absolute atomic E-state index is 0.0790. The number of benzene rings is 3. The summed E-state index contributed by atoms with van der Waals surface area (Å²) in [4.78, 5) is 27.6. The van der Waals surface area contributed by atoms with E-state index < -0.39 is 34.5 Å². The Hall–Kier alpha value is -3.49. The maximum Gasteiger partial charge on any atom is 0.329 e. The van der Waals surface area contributed by atoms with Crippen LogP contribution in [0.1, 0.15) is 19.4 Å². The second-order valence-electron chi connectivity index (χ2n) is 7.59.